The Morgan fingerprint density at radius 1 is 1.00 bits per heavy atom. The maximum atomic E-state index is 8.98. The van der Waals surface area contributed by atoms with Crippen molar-refractivity contribution in [2.45, 2.75) is 6.61 Å². The second-order valence-corrected chi connectivity index (χ2v) is 4.08. The lowest BCUT2D eigenvalue weighted by Crippen LogP contribution is -2.29. The molecule has 0 heterocycles. The van der Waals surface area contributed by atoms with Gasteiger partial charge >= 0.3 is 7.12 Å². The van der Waals surface area contributed by atoms with Crippen molar-refractivity contribution in [1.29, 1.82) is 0 Å². The molecule has 0 fully saturated rings. The first-order chi connectivity index (χ1) is 9.19. The minimum Gasteiger partial charge on any atom is -0.497 e. The maximum Gasteiger partial charge on any atom is 0.488 e. The van der Waals surface area contributed by atoms with Crippen LogP contribution in [0, 0.1) is 0 Å². The van der Waals surface area contributed by atoms with Crippen LogP contribution >= 0.6 is 0 Å². The van der Waals surface area contributed by atoms with Gasteiger partial charge in [0.25, 0.3) is 0 Å². The first-order valence-electron chi connectivity index (χ1n) is 5.91. The van der Waals surface area contributed by atoms with Crippen LogP contribution in [0.1, 0.15) is 5.56 Å². The van der Waals surface area contributed by atoms with Gasteiger partial charge < -0.3 is 19.5 Å². The van der Waals surface area contributed by atoms with Gasteiger partial charge in [-0.15, -0.1) is 0 Å². The van der Waals surface area contributed by atoms with Gasteiger partial charge in [0.2, 0.25) is 0 Å². The first kappa shape index (κ1) is 13.5. The molecular formula is C14H15BO4. The predicted molar refractivity (Wildman–Crippen MR) is 73.6 cm³/mol. The predicted octanol–water partition coefficient (Wildman–Crippen LogP) is 0.954. The van der Waals surface area contributed by atoms with Gasteiger partial charge in [-0.05, 0) is 35.3 Å². The van der Waals surface area contributed by atoms with Gasteiger partial charge in [0.05, 0.1) is 7.11 Å². The van der Waals surface area contributed by atoms with Crippen molar-refractivity contribution in [2.24, 2.45) is 0 Å². The summed E-state index contributed by atoms with van der Waals surface area (Å²) < 4.78 is 10.7. The topological polar surface area (TPSA) is 58.9 Å². The fourth-order valence-electron chi connectivity index (χ4n) is 1.67. The van der Waals surface area contributed by atoms with Gasteiger partial charge in [-0.2, -0.15) is 0 Å². The molecule has 0 aliphatic rings. The van der Waals surface area contributed by atoms with E-state index in [4.69, 9.17) is 19.5 Å². The fraction of sp³-hybridized carbons (Fsp3) is 0.143. The van der Waals surface area contributed by atoms with E-state index in [0.29, 0.717) is 17.8 Å². The molecule has 0 aromatic heterocycles. The molecule has 4 nitrogen and oxygen atoms in total. The Balaban J connectivity index is 1.98. The van der Waals surface area contributed by atoms with E-state index in [0.717, 1.165) is 11.3 Å². The SMILES string of the molecule is COc1cccc(COc2ccc(B(O)O)cc2)c1. The minimum atomic E-state index is -1.45. The Labute approximate surface area is 112 Å². The first-order valence-corrected chi connectivity index (χ1v) is 5.91. The van der Waals surface area contributed by atoms with Crippen LogP contribution in [0.25, 0.3) is 0 Å². The van der Waals surface area contributed by atoms with Crippen LogP contribution in [0.2, 0.25) is 0 Å². The molecule has 0 spiro atoms. The Hall–Kier alpha value is -1.98. The molecule has 19 heavy (non-hydrogen) atoms. The van der Waals surface area contributed by atoms with Gasteiger partial charge in [-0.1, -0.05) is 24.3 Å². The van der Waals surface area contributed by atoms with Crippen molar-refractivity contribution in [3.05, 3.63) is 54.1 Å². The molecule has 0 saturated carbocycles. The zero-order valence-electron chi connectivity index (χ0n) is 10.6. The van der Waals surface area contributed by atoms with Gasteiger partial charge in [0, 0.05) is 0 Å². The van der Waals surface area contributed by atoms with E-state index in [1.54, 1.807) is 31.4 Å². The molecule has 0 bridgehead atoms. The van der Waals surface area contributed by atoms with Crippen molar-refractivity contribution >= 4 is 12.6 Å². The van der Waals surface area contributed by atoms with Gasteiger partial charge in [0.1, 0.15) is 18.1 Å². The molecule has 2 N–H and O–H groups in total. The molecule has 0 aliphatic heterocycles. The molecule has 5 heteroatoms. The summed E-state index contributed by atoms with van der Waals surface area (Å²) in [5.41, 5.74) is 1.44. The second-order valence-electron chi connectivity index (χ2n) is 4.08. The van der Waals surface area contributed by atoms with Crippen LogP contribution < -0.4 is 14.9 Å². The van der Waals surface area contributed by atoms with Crippen LogP contribution in [0.15, 0.2) is 48.5 Å². The Kier molecular flexibility index (Phi) is 4.44. The van der Waals surface area contributed by atoms with E-state index in [2.05, 4.69) is 0 Å². The molecule has 0 unspecified atom stereocenters. The summed E-state index contributed by atoms with van der Waals surface area (Å²) in [6.07, 6.45) is 0. The summed E-state index contributed by atoms with van der Waals surface area (Å²) in [7, 11) is 0.172. The molecule has 0 saturated heterocycles. The molecular weight excluding hydrogens is 243 g/mol. The zero-order chi connectivity index (χ0) is 13.7. The highest BCUT2D eigenvalue weighted by Crippen LogP contribution is 2.15. The normalized spacial score (nSPS) is 10.1. The lowest BCUT2D eigenvalue weighted by molar-refractivity contribution is 0.305. The highest BCUT2D eigenvalue weighted by molar-refractivity contribution is 6.58. The van der Waals surface area contributed by atoms with Gasteiger partial charge in [0.15, 0.2) is 0 Å². The summed E-state index contributed by atoms with van der Waals surface area (Å²) in [4.78, 5) is 0. The van der Waals surface area contributed by atoms with Crippen molar-refractivity contribution in [3.8, 4) is 11.5 Å². The van der Waals surface area contributed by atoms with Crippen LogP contribution in [0.5, 0.6) is 11.5 Å². The Morgan fingerprint density at radius 2 is 1.74 bits per heavy atom. The third kappa shape index (κ3) is 3.74. The lowest BCUT2D eigenvalue weighted by Gasteiger charge is -2.08. The number of ether oxygens (including phenoxy) is 2. The summed E-state index contributed by atoms with van der Waals surface area (Å²) in [6, 6.07) is 14.3. The molecule has 0 amide bonds. The van der Waals surface area contributed by atoms with Crippen molar-refractivity contribution < 1.29 is 19.5 Å². The van der Waals surface area contributed by atoms with Crippen molar-refractivity contribution in [3.63, 3.8) is 0 Å². The summed E-state index contributed by atoms with van der Waals surface area (Å²) in [5.74, 6) is 1.46. The Bertz CT molecular complexity index is 525. The number of rotatable bonds is 5. The van der Waals surface area contributed by atoms with Gasteiger partial charge in [-0.3, -0.25) is 0 Å². The third-order valence-corrected chi connectivity index (χ3v) is 2.72. The standard InChI is InChI=1S/C14H15BO4/c1-18-14-4-2-3-11(9-14)10-19-13-7-5-12(6-8-13)15(16)17/h2-9,16-17H,10H2,1H3. The molecule has 0 radical (unpaired) electrons. The van der Waals surface area contributed by atoms with Crippen molar-refractivity contribution in [2.75, 3.05) is 7.11 Å². The highest BCUT2D eigenvalue weighted by Gasteiger charge is 2.09. The maximum absolute atomic E-state index is 8.98. The van der Waals surface area contributed by atoms with Crippen LogP contribution in [-0.2, 0) is 6.61 Å². The average Bonchev–Trinajstić information content (AvgIpc) is 2.46. The highest BCUT2D eigenvalue weighted by atomic mass is 16.5. The van der Waals surface area contributed by atoms with Crippen LogP contribution in [-0.4, -0.2) is 24.3 Å². The van der Waals surface area contributed by atoms with Crippen molar-refractivity contribution in [1.82, 2.24) is 0 Å². The minimum absolute atomic E-state index is 0.429. The van der Waals surface area contributed by atoms with E-state index in [9.17, 15) is 0 Å². The summed E-state index contributed by atoms with van der Waals surface area (Å²) >= 11 is 0. The number of benzene rings is 2. The molecule has 2 rings (SSSR count). The fourth-order valence-corrected chi connectivity index (χ4v) is 1.67. The molecule has 2 aromatic carbocycles. The lowest BCUT2D eigenvalue weighted by atomic mass is 9.80. The quantitative estimate of drug-likeness (QED) is 0.784. The molecule has 0 atom stereocenters. The molecule has 0 aliphatic carbocycles. The smallest absolute Gasteiger partial charge is 0.488 e. The third-order valence-electron chi connectivity index (χ3n) is 2.72. The molecule has 98 valence electrons. The largest absolute Gasteiger partial charge is 0.497 e. The number of hydrogen-bond donors (Lipinski definition) is 2. The molecule has 2 aromatic rings. The number of hydrogen-bond acceptors (Lipinski definition) is 4. The van der Waals surface area contributed by atoms with E-state index in [1.807, 2.05) is 24.3 Å². The zero-order valence-corrected chi connectivity index (χ0v) is 10.6. The summed E-state index contributed by atoms with van der Waals surface area (Å²) in [6.45, 7) is 0.429. The average molecular weight is 258 g/mol. The number of methoxy groups -OCH3 is 1. The van der Waals surface area contributed by atoms with E-state index in [1.165, 1.54) is 0 Å². The Morgan fingerprint density at radius 3 is 2.37 bits per heavy atom. The monoisotopic (exact) mass is 258 g/mol. The second kappa shape index (κ2) is 6.27. The van der Waals surface area contributed by atoms with E-state index >= 15 is 0 Å². The summed E-state index contributed by atoms with van der Waals surface area (Å²) in [5, 5.41) is 18.0. The van der Waals surface area contributed by atoms with Crippen LogP contribution in [0.3, 0.4) is 0 Å². The van der Waals surface area contributed by atoms with Gasteiger partial charge in [-0.25, -0.2) is 0 Å². The van der Waals surface area contributed by atoms with E-state index < -0.39 is 7.12 Å². The van der Waals surface area contributed by atoms with E-state index in [-0.39, 0.29) is 0 Å². The van der Waals surface area contributed by atoms with Crippen LogP contribution in [0.4, 0.5) is 0 Å².